The molecular formula is C23H19NO3. The summed E-state index contributed by atoms with van der Waals surface area (Å²) in [4.78, 5) is 12.8. The van der Waals surface area contributed by atoms with Crippen molar-refractivity contribution in [3.05, 3.63) is 102 Å². The van der Waals surface area contributed by atoms with E-state index in [1.807, 2.05) is 60.7 Å². The highest BCUT2D eigenvalue weighted by Crippen LogP contribution is 2.28. The third kappa shape index (κ3) is 3.55. The maximum absolute atomic E-state index is 12.8. The van der Waals surface area contributed by atoms with Crippen molar-refractivity contribution in [3.8, 4) is 5.75 Å². The average molecular weight is 357 g/mol. The molecule has 1 heterocycles. The predicted molar refractivity (Wildman–Crippen MR) is 105 cm³/mol. The summed E-state index contributed by atoms with van der Waals surface area (Å²) < 4.78 is 11.2. The van der Waals surface area contributed by atoms with E-state index in [0.717, 1.165) is 16.5 Å². The Kier molecular flexibility index (Phi) is 4.62. The Morgan fingerprint density at radius 1 is 0.926 bits per heavy atom. The first-order valence-corrected chi connectivity index (χ1v) is 8.73. The Morgan fingerprint density at radius 2 is 1.63 bits per heavy atom. The van der Waals surface area contributed by atoms with Gasteiger partial charge in [-0.2, -0.15) is 0 Å². The molecule has 0 spiro atoms. The number of nitrogens with one attached hydrogen (secondary N) is 1. The highest BCUT2D eigenvalue weighted by molar-refractivity contribution is 5.94. The van der Waals surface area contributed by atoms with E-state index >= 15 is 0 Å². The summed E-state index contributed by atoms with van der Waals surface area (Å²) in [7, 11) is 1.60. The van der Waals surface area contributed by atoms with Crippen molar-refractivity contribution in [2.24, 2.45) is 0 Å². The molecule has 0 aliphatic heterocycles. The largest absolute Gasteiger partial charge is 0.497 e. The van der Waals surface area contributed by atoms with Crippen LogP contribution in [-0.4, -0.2) is 13.0 Å². The van der Waals surface area contributed by atoms with Crippen molar-refractivity contribution < 1.29 is 13.9 Å². The minimum atomic E-state index is -0.381. The molecule has 1 atom stereocenters. The molecule has 1 N–H and O–H groups in total. The Morgan fingerprint density at radius 3 is 2.33 bits per heavy atom. The summed E-state index contributed by atoms with van der Waals surface area (Å²) in [6, 6.07) is 26.2. The van der Waals surface area contributed by atoms with E-state index in [9.17, 15) is 4.79 Å². The van der Waals surface area contributed by atoms with Gasteiger partial charge < -0.3 is 14.5 Å². The molecule has 3 aromatic carbocycles. The molecule has 0 saturated carbocycles. The lowest BCUT2D eigenvalue weighted by atomic mass is 10.0. The molecule has 4 rings (SSSR count). The minimum Gasteiger partial charge on any atom is -0.497 e. The lowest BCUT2D eigenvalue weighted by Crippen LogP contribution is -2.29. The number of para-hydroxylation sites is 1. The number of methoxy groups -OCH3 is 1. The zero-order valence-corrected chi connectivity index (χ0v) is 14.9. The lowest BCUT2D eigenvalue weighted by Gasteiger charge is -2.17. The molecule has 0 saturated heterocycles. The Hall–Kier alpha value is -3.53. The molecule has 4 heteroatoms. The molecule has 0 radical (unpaired) electrons. The fourth-order valence-corrected chi connectivity index (χ4v) is 3.07. The van der Waals surface area contributed by atoms with Crippen molar-refractivity contribution in [2.45, 2.75) is 6.04 Å². The van der Waals surface area contributed by atoms with E-state index < -0.39 is 0 Å². The van der Waals surface area contributed by atoms with Crippen LogP contribution in [0.1, 0.15) is 27.7 Å². The third-order valence-corrected chi connectivity index (χ3v) is 4.49. The van der Waals surface area contributed by atoms with Crippen molar-refractivity contribution in [1.29, 1.82) is 0 Å². The standard InChI is InChI=1S/C23H19NO3/c1-26-19-13-11-17(12-14-19)23(25)24-22(16-7-3-2-4-8-16)21-15-18-9-5-6-10-20(18)27-21/h2-15,22H,1H3,(H,24,25). The number of amides is 1. The Balaban J connectivity index is 1.68. The highest BCUT2D eigenvalue weighted by Gasteiger charge is 2.21. The van der Waals surface area contributed by atoms with Gasteiger partial charge in [0.05, 0.1) is 7.11 Å². The summed E-state index contributed by atoms with van der Waals surface area (Å²) in [5.74, 6) is 1.24. The van der Waals surface area contributed by atoms with Crippen LogP contribution in [0, 0.1) is 0 Å². The zero-order valence-electron chi connectivity index (χ0n) is 14.9. The van der Waals surface area contributed by atoms with Gasteiger partial charge in [-0.15, -0.1) is 0 Å². The van der Waals surface area contributed by atoms with Gasteiger partial charge in [0.2, 0.25) is 0 Å². The number of furan rings is 1. The van der Waals surface area contributed by atoms with E-state index in [1.54, 1.807) is 31.4 Å². The normalized spacial score (nSPS) is 11.9. The maximum atomic E-state index is 12.8. The molecule has 1 aromatic heterocycles. The van der Waals surface area contributed by atoms with Crippen LogP contribution in [0.5, 0.6) is 5.75 Å². The monoisotopic (exact) mass is 357 g/mol. The summed E-state index contributed by atoms with van der Waals surface area (Å²) in [6.07, 6.45) is 0. The van der Waals surface area contributed by atoms with Gasteiger partial charge in [0.25, 0.3) is 5.91 Å². The number of ether oxygens (including phenoxy) is 1. The summed E-state index contributed by atoms with van der Waals surface area (Å²) in [5, 5.41) is 4.10. The van der Waals surface area contributed by atoms with Crippen LogP contribution in [0.2, 0.25) is 0 Å². The Bertz CT molecular complexity index is 1020. The lowest BCUT2D eigenvalue weighted by molar-refractivity contribution is 0.0939. The predicted octanol–water partition coefficient (Wildman–Crippen LogP) is 4.96. The fraction of sp³-hybridized carbons (Fsp3) is 0.0870. The SMILES string of the molecule is COc1ccc(C(=O)NC(c2ccccc2)c2cc3ccccc3o2)cc1. The van der Waals surface area contributed by atoms with Crippen molar-refractivity contribution in [2.75, 3.05) is 7.11 Å². The molecule has 134 valence electrons. The molecule has 0 fully saturated rings. The maximum Gasteiger partial charge on any atom is 0.252 e. The van der Waals surface area contributed by atoms with Crippen molar-refractivity contribution >= 4 is 16.9 Å². The minimum absolute atomic E-state index is 0.174. The number of hydrogen-bond acceptors (Lipinski definition) is 3. The quantitative estimate of drug-likeness (QED) is 0.549. The smallest absolute Gasteiger partial charge is 0.252 e. The van der Waals surface area contributed by atoms with E-state index in [0.29, 0.717) is 17.1 Å². The van der Waals surface area contributed by atoms with Crippen LogP contribution in [0.25, 0.3) is 11.0 Å². The van der Waals surface area contributed by atoms with Crippen LogP contribution in [0.15, 0.2) is 89.3 Å². The number of carbonyl (C=O) groups excluding carboxylic acids is 1. The molecular weight excluding hydrogens is 338 g/mol. The Labute approximate surface area is 157 Å². The molecule has 4 aromatic rings. The first kappa shape index (κ1) is 16.9. The number of fused-ring (bicyclic) bond motifs is 1. The van der Waals surface area contributed by atoms with Crippen LogP contribution in [0.4, 0.5) is 0 Å². The fourth-order valence-electron chi connectivity index (χ4n) is 3.07. The molecule has 1 amide bonds. The summed E-state index contributed by atoms with van der Waals surface area (Å²) in [5.41, 5.74) is 2.32. The number of benzene rings is 3. The molecule has 27 heavy (non-hydrogen) atoms. The van der Waals surface area contributed by atoms with Crippen LogP contribution < -0.4 is 10.1 Å². The van der Waals surface area contributed by atoms with E-state index in [4.69, 9.17) is 9.15 Å². The zero-order chi connectivity index (χ0) is 18.6. The van der Waals surface area contributed by atoms with Crippen LogP contribution >= 0.6 is 0 Å². The summed E-state index contributed by atoms with van der Waals surface area (Å²) in [6.45, 7) is 0. The molecule has 0 aliphatic carbocycles. The van der Waals surface area contributed by atoms with Gasteiger partial charge in [0, 0.05) is 10.9 Å². The molecule has 0 bridgehead atoms. The van der Waals surface area contributed by atoms with Gasteiger partial charge in [-0.05, 0) is 42.0 Å². The van der Waals surface area contributed by atoms with Gasteiger partial charge in [0.1, 0.15) is 23.1 Å². The number of hydrogen-bond donors (Lipinski definition) is 1. The highest BCUT2D eigenvalue weighted by atomic mass is 16.5. The van der Waals surface area contributed by atoms with Gasteiger partial charge in [-0.25, -0.2) is 0 Å². The first-order chi connectivity index (χ1) is 13.2. The van der Waals surface area contributed by atoms with Crippen LogP contribution in [-0.2, 0) is 0 Å². The first-order valence-electron chi connectivity index (χ1n) is 8.73. The number of rotatable bonds is 5. The van der Waals surface area contributed by atoms with E-state index in [2.05, 4.69) is 5.32 Å². The average Bonchev–Trinajstić information content (AvgIpc) is 3.16. The van der Waals surface area contributed by atoms with Gasteiger partial charge >= 0.3 is 0 Å². The second-order valence-corrected chi connectivity index (χ2v) is 6.23. The second-order valence-electron chi connectivity index (χ2n) is 6.23. The number of carbonyl (C=O) groups is 1. The second kappa shape index (κ2) is 7.38. The third-order valence-electron chi connectivity index (χ3n) is 4.49. The summed E-state index contributed by atoms with van der Waals surface area (Å²) >= 11 is 0. The topological polar surface area (TPSA) is 51.5 Å². The van der Waals surface area contributed by atoms with Gasteiger partial charge in [-0.3, -0.25) is 4.79 Å². The van der Waals surface area contributed by atoms with Gasteiger partial charge in [0.15, 0.2) is 0 Å². The molecule has 4 nitrogen and oxygen atoms in total. The van der Waals surface area contributed by atoms with Crippen molar-refractivity contribution in [1.82, 2.24) is 5.32 Å². The van der Waals surface area contributed by atoms with E-state index in [-0.39, 0.29) is 11.9 Å². The van der Waals surface area contributed by atoms with Crippen molar-refractivity contribution in [3.63, 3.8) is 0 Å². The molecule has 1 unspecified atom stereocenters. The van der Waals surface area contributed by atoms with E-state index in [1.165, 1.54) is 0 Å². The molecule has 0 aliphatic rings. The van der Waals surface area contributed by atoms with Crippen LogP contribution in [0.3, 0.4) is 0 Å². The van der Waals surface area contributed by atoms with Gasteiger partial charge in [-0.1, -0.05) is 48.5 Å².